The Morgan fingerprint density at radius 3 is 2.83 bits per heavy atom. The fourth-order valence-corrected chi connectivity index (χ4v) is 6.65. The van der Waals surface area contributed by atoms with E-state index in [4.69, 9.17) is 4.74 Å². The van der Waals surface area contributed by atoms with Crippen molar-refractivity contribution in [3.63, 3.8) is 0 Å². The molecule has 1 N–H and O–H groups in total. The molecule has 0 radical (unpaired) electrons. The first-order valence-corrected chi connectivity index (χ1v) is 11.6. The number of thiazole rings is 1. The van der Waals surface area contributed by atoms with Gasteiger partial charge in [0.05, 0.1) is 23.8 Å². The zero-order valence-corrected chi connectivity index (χ0v) is 18.1. The fourth-order valence-electron chi connectivity index (χ4n) is 5.60. The lowest BCUT2D eigenvalue weighted by Gasteiger charge is -2.50. The molecule has 2 amide bonds. The van der Waals surface area contributed by atoms with Crippen LogP contribution in [0, 0.1) is 0 Å². The van der Waals surface area contributed by atoms with Gasteiger partial charge in [0, 0.05) is 24.1 Å². The monoisotopic (exact) mass is 425 g/mol. The Morgan fingerprint density at radius 2 is 2.07 bits per heavy atom. The van der Waals surface area contributed by atoms with Crippen molar-refractivity contribution >= 4 is 28.3 Å². The van der Waals surface area contributed by atoms with Crippen LogP contribution in [0.25, 0.3) is 0 Å². The first-order valence-electron chi connectivity index (χ1n) is 10.8. The first-order chi connectivity index (χ1) is 14.6. The minimum Gasteiger partial charge on any atom is -0.383 e. The summed E-state index contributed by atoms with van der Waals surface area (Å²) in [4.78, 5) is 35.1. The SMILES string of the molecule is COCCN1C(=O)c2ccccc2[C@H](C(=O)Nc2nc3c(s2)CCC3)C12CCCC2. The van der Waals surface area contributed by atoms with E-state index in [2.05, 4.69) is 10.3 Å². The molecule has 1 atom stereocenters. The molecule has 1 aliphatic heterocycles. The molecule has 1 saturated carbocycles. The Bertz CT molecular complexity index is 958. The molecule has 3 aliphatic rings. The molecular weight excluding hydrogens is 398 g/mol. The van der Waals surface area contributed by atoms with Crippen LogP contribution in [-0.4, -0.2) is 47.5 Å². The third-order valence-corrected chi connectivity index (χ3v) is 7.97. The van der Waals surface area contributed by atoms with Crippen molar-refractivity contribution in [1.29, 1.82) is 0 Å². The number of amides is 2. The Balaban J connectivity index is 1.55. The number of anilines is 1. The number of rotatable bonds is 5. The van der Waals surface area contributed by atoms with Gasteiger partial charge < -0.3 is 15.0 Å². The standard InChI is InChI=1S/C23H27N3O3S/c1-29-14-13-26-21(28)16-8-3-2-7-15(16)19(23(26)11-4-5-12-23)20(27)25-22-24-17-9-6-10-18(17)30-22/h2-3,7-8,19H,4-6,9-14H2,1H3,(H,24,25,27)/t19-/m1/s1. The lowest BCUT2D eigenvalue weighted by atomic mass is 9.71. The summed E-state index contributed by atoms with van der Waals surface area (Å²) in [7, 11) is 1.65. The largest absolute Gasteiger partial charge is 0.383 e. The topological polar surface area (TPSA) is 71.5 Å². The van der Waals surface area contributed by atoms with Gasteiger partial charge in [-0.3, -0.25) is 9.59 Å². The van der Waals surface area contributed by atoms with E-state index in [0.29, 0.717) is 23.8 Å². The van der Waals surface area contributed by atoms with E-state index >= 15 is 0 Å². The number of nitrogens with zero attached hydrogens (tertiary/aromatic N) is 2. The molecule has 2 aromatic rings. The van der Waals surface area contributed by atoms with Gasteiger partial charge in [0.1, 0.15) is 0 Å². The van der Waals surface area contributed by atoms with Gasteiger partial charge >= 0.3 is 0 Å². The molecule has 1 spiro atoms. The number of methoxy groups -OCH3 is 1. The number of nitrogens with one attached hydrogen (secondary N) is 1. The van der Waals surface area contributed by atoms with Crippen molar-refractivity contribution in [3.8, 4) is 0 Å². The van der Waals surface area contributed by atoms with Gasteiger partial charge in [-0.15, -0.1) is 11.3 Å². The van der Waals surface area contributed by atoms with E-state index in [1.807, 2.05) is 29.2 Å². The quantitative estimate of drug-likeness (QED) is 0.792. The molecule has 2 heterocycles. The molecular formula is C23H27N3O3S. The molecule has 158 valence electrons. The Kier molecular flexibility index (Phi) is 5.11. The summed E-state index contributed by atoms with van der Waals surface area (Å²) in [5.41, 5.74) is 2.12. The molecule has 30 heavy (non-hydrogen) atoms. The lowest BCUT2D eigenvalue weighted by Crippen LogP contribution is -2.60. The summed E-state index contributed by atoms with van der Waals surface area (Å²) in [5.74, 6) is -0.432. The van der Waals surface area contributed by atoms with Crippen molar-refractivity contribution in [1.82, 2.24) is 9.88 Å². The van der Waals surface area contributed by atoms with Crippen LogP contribution in [0.3, 0.4) is 0 Å². The van der Waals surface area contributed by atoms with Crippen molar-refractivity contribution in [2.45, 2.75) is 56.4 Å². The number of hydrogen-bond donors (Lipinski definition) is 1. The van der Waals surface area contributed by atoms with Crippen LogP contribution >= 0.6 is 11.3 Å². The maximum Gasteiger partial charge on any atom is 0.254 e. The van der Waals surface area contributed by atoms with Crippen LogP contribution < -0.4 is 5.32 Å². The number of carbonyl (C=O) groups excluding carboxylic acids is 2. The maximum absolute atomic E-state index is 13.7. The molecule has 7 heteroatoms. The highest BCUT2D eigenvalue weighted by Gasteiger charge is 2.55. The highest BCUT2D eigenvalue weighted by atomic mass is 32.1. The molecule has 0 unspecified atom stereocenters. The first kappa shape index (κ1) is 19.7. The number of hydrogen-bond acceptors (Lipinski definition) is 5. The van der Waals surface area contributed by atoms with Gasteiger partial charge in [-0.2, -0.15) is 0 Å². The summed E-state index contributed by atoms with van der Waals surface area (Å²) in [6.45, 7) is 0.961. The summed E-state index contributed by atoms with van der Waals surface area (Å²) in [5, 5.41) is 3.81. The number of fused-ring (bicyclic) bond motifs is 2. The molecule has 0 saturated heterocycles. The van der Waals surface area contributed by atoms with Crippen LogP contribution in [0.1, 0.15) is 64.5 Å². The minimum absolute atomic E-state index is 0.0156. The van der Waals surface area contributed by atoms with E-state index in [0.717, 1.165) is 56.2 Å². The predicted octanol–water partition coefficient (Wildman–Crippen LogP) is 3.77. The van der Waals surface area contributed by atoms with Gasteiger partial charge in [-0.05, 0) is 43.7 Å². The highest BCUT2D eigenvalue weighted by Crippen LogP contribution is 2.50. The summed E-state index contributed by atoms with van der Waals surface area (Å²) in [6.07, 6.45) is 6.92. The average molecular weight is 426 g/mol. The smallest absolute Gasteiger partial charge is 0.254 e. The van der Waals surface area contributed by atoms with Crippen molar-refractivity contribution in [3.05, 3.63) is 46.0 Å². The highest BCUT2D eigenvalue weighted by molar-refractivity contribution is 7.15. The molecule has 1 aromatic carbocycles. The maximum atomic E-state index is 13.7. The van der Waals surface area contributed by atoms with E-state index in [-0.39, 0.29) is 11.8 Å². The Hall–Kier alpha value is -2.25. The molecule has 1 fully saturated rings. The van der Waals surface area contributed by atoms with Crippen molar-refractivity contribution in [2.75, 3.05) is 25.6 Å². The van der Waals surface area contributed by atoms with E-state index in [1.54, 1.807) is 18.4 Å². The van der Waals surface area contributed by atoms with Crippen LogP contribution in [-0.2, 0) is 22.4 Å². The van der Waals surface area contributed by atoms with Gasteiger partial charge in [0.2, 0.25) is 5.91 Å². The van der Waals surface area contributed by atoms with Crippen molar-refractivity contribution in [2.24, 2.45) is 0 Å². The third-order valence-electron chi connectivity index (χ3n) is 6.90. The molecule has 6 nitrogen and oxygen atoms in total. The fraction of sp³-hybridized carbons (Fsp3) is 0.522. The predicted molar refractivity (Wildman–Crippen MR) is 116 cm³/mol. The normalized spacial score (nSPS) is 21.7. The number of benzene rings is 1. The number of aryl methyl sites for hydroxylation is 2. The molecule has 5 rings (SSSR count). The minimum atomic E-state index is -0.492. The van der Waals surface area contributed by atoms with Crippen LogP contribution in [0.2, 0.25) is 0 Å². The number of aromatic nitrogens is 1. The molecule has 1 aromatic heterocycles. The molecule has 2 aliphatic carbocycles. The van der Waals surface area contributed by atoms with Gasteiger partial charge in [0.25, 0.3) is 5.91 Å². The summed E-state index contributed by atoms with van der Waals surface area (Å²) >= 11 is 1.60. The second-order valence-electron chi connectivity index (χ2n) is 8.51. The van der Waals surface area contributed by atoms with E-state index < -0.39 is 11.5 Å². The van der Waals surface area contributed by atoms with Gasteiger partial charge in [0.15, 0.2) is 5.13 Å². The third kappa shape index (κ3) is 3.06. The van der Waals surface area contributed by atoms with E-state index in [1.165, 1.54) is 4.88 Å². The van der Waals surface area contributed by atoms with Crippen LogP contribution in [0.15, 0.2) is 24.3 Å². The van der Waals surface area contributed by atoms with Crippen LogP contribution in [0.5, 0.6) is 0 Å². The van der Waals surface area contributed by atoms with Crippen molar-refractivity contribution < 1.29 is 14.3 Å². The lowest BCUT2D eigenvalue weighted by molar-refractivity contribution is -0.121. The zero-order chi connectivity index (χ0) is 20.7. The number of ether oxygens (including phenoxy) is 1. The van der Waals surface area contributed by atoms with E-state index in [9.17, 15) is 9.59 Å². The Labute approximate surface area is 180 Å². The Morgan fingerprint density at radius 1 is 1.27 bits per heavy atom. The van der Waals surface area contributed by atoms with Crippen LogP contribution in [0.4, 0.5) is 5.13 Å². The summed E-state index contributed by atoms with van der Waals surface area (Å²) in [6, 6.07) is 7.60. The summed E-state index contributed by atoms with van der Waals surface area (Å²) < 4.78 is 5.31. The van der Waals surface area contributed by atoms with Gasteiger partial charge in [-0.1, -0.05) is 31.0 Å². The zero-order valence-electron chi connectivity index (χ0n) is 17.3. The molecule has 0 bridgehead atoms. The average Bonchev–Trinajstić information content (AvgIpc) is 3.45. The van der Waals surface area contributed by atoms with Gasteiger partial charge in [-0.25, -0.2) is 4.98 Å². The second kappa shape index (κ2) is 7.78. The number of carbonyl (C=O) groups is 2. The second-order valence-corrected chi connectivity index (χ2v) is 9.60.